The van der Waals surface area contributed by atoms with E-state index in [4.69, 9.17) is 0 Å². The van der Waals surface area contributed by atoms with Crippen LogP contribution in [0.5, 0.6) is 0 Å². The molecule has 0 bridgehead atoms. The minimum Gasteiger partial charge on any atom is -0.309 e. The molecule has 2 rings (SSSR count). The first-order valence-electron chi connectivity index (χ1n) is 7.00. The maximum atomic E-state index is 11.4. The molecule has 0 spiro atoms. The number of piperazine rings is 1. The average molecular weight is 274 g/mol. The van der Waals surface area contributed by atoms with Crippen LogP contribution in [0.2, 0.25) is 0 Å². The van der Waals surface area contributed by atoms with Crippen molar-refractivity contribution in [3.63, 3.8) is 0 Å². The van der Waals surface area contributed by atoms with Crippen LogP contribution in [0, 0.1) is 5.92 Å². The summed E-state index contributed by atoms with van der Waals surface area (Å²) in [5.41, 5.74) is 0.142. The Labute approximate surface area is 111 Å². The Morgan fingerprint density at radius 2 is 2.06 bits per heavy atom. The molecule has 0 amide bonds. The van der Waals surface area contributed by atoms with Gasteiger partial charge in [-0.15, -0.1) is 0 Å². The van der Waals surface area contributed by atoms with Crippen molar-refractivity contribution in [2.24, 2.45) is 5.92 Å². The maximum Gasteiger partial charge on any atom is 0.148 e. The Hall–Kier alpha value is -0.130. The number of rotatable bonds is 5. The maximum absolute atomic E-state index is 11.4. The molecule has 2 fully saturated rings. The second-order valence-corrected chi connectivity index (χ2v) is 8.56. The van der Waals surface area contributed by atoms with Gasteiger partial charge in [0.25, 0.3) is 0 Å². The highest BCUT2D eigenvalue weighted by molar-refractivity contribution is 7.90. The molecular formula is C13H26N2O2S. The van der Waals surface area contributed by atoms with E-state index < -0.39 is 9.84 Å². The highest BCUT2D eigenvalue weighted by atomic mass is 32.2. The van der Waals surface area contributed by atoms with E-state index in [0.29, 0.717) is 12.6 Å². The van der Waals surface area contributed by atoms with Crippen LogP contribution < -0.4 is 5.32 Å². The van der Waals surface area contributed by atoms with Crippen molar-refractivity contribution in [1.82, 2.24) is 10.2 Å². The average Bonchev–Trinajstić information content (AvgIpc) is 3.10. The third kappa shape index (κ3) is 3.68. The molecule has 0 aromatic heterocycles. The molecule has 1 aliphatic carbocycles. The Morgan fingerprint density at radius 3 is 2.56 bits per heavy atom. The van der Waals surface area contributed by atoms with Crippen LogP contribution in [0.25, 0.3) is 0 Å². The quantitative estimate of drug-likeness (QED) is 0.809. The van der Waals surface area contributed by atoms with E-state index in [0.717, 1.165) is 25.4 Å². The summed E-state index contributed by atoms with van der Waals surface area (Å²) >= 11 is 0. The predicted octanol–water partition coefficient (Wildman–Crippen LogP) is 0.884. The smallest absolute Gasteiger partial charge is 0.148 e. The minimum absolute atomic E-state index is 0.142. The molecule has 2 unspecified atom stereocenters. The molecule has 1 saturated carbocycles. The third-order valence-corrected chi connectivity index (χ3v) is 5.38. The van der Waals surface area contributed by atoms with Crippen molar-refractivity contribution in [3.05, 3.63) is 0 Å². The van der Waals surface area contributed by atoms with E-state index in [1.165, 1.54) is 19.1 Å². The summed E-state index contributed by atoms with van der Waals surface area (Å²) in [5, 5.41) is 3.65. The van der Waals surface area contributed by atoms with Gasteiger partial charge in [-0.1, -0.05) is 6.92 Å². The summed E-state index contributed by atoms with van der Waals surface area (Å²) in [7, 11) is -2.86. The minimum atomic E-state index is -2.86. The van der Waals surface area contributed by atoms with Gasteiger partial charge in [0, 0.05) is 37.5 Å². The lowest BCUT2D eigenvalue weighted by molar-refractivity contribution is 0.0785. The predicted molar refractivity (Wildman–Crippen MR) is 74.5 cm³/mol. The molecular weight excluding hydrogens is 248 g/mol. The van der Waals surface area contributed by atoms with Gasteiger partial charge in [-0.3, -0.25) is 4.90 Å². The van der Waals surface area contributed by atoms with Crippen molar-refractivity contribution >= 4 is 9.84 Å². The summed E-state index contributed by atoms with van der Waals surface area (Å²) < 4.78 is 22.7. The summed E-state index contributed by atoms with van der Waals surface area (Å²) in [6.07, 6.45) is 5.04. The molecule has 1 aliphatic heterocycles. The summed E-state index contributed by atoms with van der Waals surface area (Å²) in [5.74, 6) is 1.08. The van der Waals surface area contributed by atoms with Gasteiger partial charge in [-0.25, -0.2) is 8.42 Å². The fourth-order valence-corrected chi connectivity index (χ4v) is 3.38. The Morgan fingerprint density at radius 1 is 1.39 bits per heavy atom. The van der Waals surface area contributed by atoms with Crippen molar-refractivity contribution in [1.29, 1.82) is 0 Å². The molecule has 2 aliphatic rings. The number of nitrogens with one attached hydrogen (secondary N) is 1. The van der Waals surface area contributed by atoms with Crippen LogP contribution in [0.1, 0.15) is 33.1 Å². The van der Waals surface area contributed by atoms with Crippen LogP contribution in [0.4, 0.5) is 0 Å². The first-order chi connectivity index (χ1) is 8.33. The molecule has 2 atom stereocenters. The second kappa shape index (κ2) is 5.10. The molecule has 0 aromatic rings. The zero-order valence-electron chi connectivity index (χ0n) is 11.8. The van der Waals surface area contributed by atoms with E-state index in [-0.39, 0.29) is 11.3 Å². The van der Waals surface area contributed by atoms with Gasteiger partial charge < -0.3 is 5.32 Å². The largest absolute Gasteiger partial charge is 0.309 e. The van der Waals surface area contributed by atoms with Gasteiger partial charge in [0.05, 0.1) is 5.75 Å². The second-order valence-electron chi connectivity index (χ2n) is 6.30. The van der Waals surface area contributed by atoms with E-state index in [1.54, 1.807) is 0 Å². The van der Waals surface area contributed by atoms with E-state index >= 15 is 0 Å². The SMILES string of the molecule is CCC1(C)CN(CCS(C)(=O)=O)C(C2CC2)CN1. The van der Waals surface area contributed by atoms with Crippen LogP contribution in [0.3, 0.4) is 0 Å². The number of nitrogens with zero attached hydrogens (tertiary/aromatic N) is 1. The first kappa shape index (κ1) is 14.3. The van der Waals surface area contributed by atoms with E-state index in [2.05, 4.69) is 24.1 Å². The molecule has 1 heterocycles. The van der Waals surface area contributed by atoms with Gasteiger partial charge in [0.1, 0.15) is 9.84 Å². The van der Waals surface area contributed by atoms with Gasteiger partial charge >= 0.3 is 0 Å². The van der Waals surface area contributed by atoms with Gasteiger partial charge in [0.2, 0.25) is 0 Å². The first-order valence-corrected chi connectivity index (χ1v) is 9.06. The fourth-order valence-electron chi connectivity index (χ4n) is 2.81. The fraction of sp³-hybridized carbons (Fsp3) is 1.00. The van der Waals surface area contributed by atoms with E-state index in [9.17, 15) is 8.42 Å². The van der Waals surface area contributed by atoms with E-state index in [1.807, 2.05) is 0 Å². The van der Waals surface area contributed by atoms with Gasteiger partial charge in [-0.05, 0) is 32.1 Å². The van der Waals surface area contributed by atoms with Crippen molar-refractivity contribution < 1.29 is 8.42 Å². The third-order valence-electron chi connectivity index (χ3n) is 4.45. The summed E-state index contributed by atoms with van der Waals surface area (Å²) in [6, 6.07) is 0.548. The molecule has 106 valence electrons. The zero-order valence-corrected chi connectivity index (χ0v) is 12.6. The molecule has 0 radical (unpaired) electrons. The van der Waals surface area contributed by atoms with Crippen molar-refractivity contribution in [3.8, 4) is 0 Å². The van der Waals surface area contributed by atoms with Crippen LogP contribution in [-0.2, 0) is 9.84 Å². The summed E-state index contributed by atoms with van der Waals surface area (Å²) in [4.78, 5) is 2.42. The summed E-state index contributed by atoms with van der Waals surface area (Å²) in [6.45, 7) is 7.11. The number of sulfone groups is 1. The van der Waals surface area contributed by atoms with Gasteiger partial charge in [-0.2, -0.15) is 0 Å². The lowest BCUT2D eigenvalue weighted by Crippen LogP contribution is -2.63. The Balaban J connectivity index is 2.00. The molecule has 18 heavy (non-hydrogen) atoms. The standard InChI is InChI=1S/C13H26N2O2S/c1-4-13(2)10-15(7-8-18(3,16)17)12(9-14-13)11-5-6-11/h11-12,14H,4-10H2,1-3H3. The topological polar surface area (TPSA) is 49.4 Å². The van der Waals surface area contributed by atoms with Crippen molar-refractivity contribution in [2.45, 2.75) is 44.7 Å². The molecule has 1 N–H and O–H groups in total. The van der Waals surface area contributed by atoms with Crippen LogP contribution in [0.15, 0.2) is 0 Å². The Kier molecular flexibility index (Phi) is 4.04. The Bertz CT molecular complexity index is 392. The highest BCUT2D eigenvalue weighted by Crippen LogP contribution is 2.37. The lowest BCUT2D eigenvalue weighted by Gasteiger charge is -2.46. The van der Waals surface area contributed by atoms with Gasteiger partial charge in [0.15, 0.2) is 0 Å². The molecule has 5 heteroatoms. The molecule has 1 saturated heterocycles. The molecule has 0 aromatic carbocycles. The molecule has 4 nitrogen and oxygen atoms in total. The zero-order chi connectivity index (χ0) is 13.4. The number of hydrogen-bond donors (Lipinski definition) is 1. The lowest BCUT2D eigenvalue weighted by atomic mass is 9.92. The van der Waals surface area contributed by atoms with Crippen molar-refractivity contribution in [2.75, 3.05) is 31.6 Å². The normalized spacial score (nSPS) is 34.7. The number of hydrogen-bond acceptors (Lipinski definition) is 4. The monoisotopic (exact) mass is 274 g/mol. The van der Waals surface area contributed by atoms with Crippen LogP contribution >= 0.6 is 0 Å². The highest BCUT2D eigenvalue weighted by Gasteiger charge is 2.41. The van der Waals surface area contributed by atoms with Crippen LogP contribution in [-0.4, -0.2) is 56.5 Å².